The van der Waals surface area contributed by atoms with Crippen LogP contribution in [0, 0.1) is 0 Å². The zero-order chi connectivity index (χ0) is 17.5. The van der Waals surface area contributed by atoms with E-state index >= 15 is 0 Å². The third-order valence-electron chi connectivity index (χ3n) is 3.53. The van der Waals surface area contributed by atoms with Crippen LogP contribution < -0.4 is 10.6 Å². The van der Waals surface area contributed by atoms with Crippen molar-refractivity contribution in [2.75, 3.05) is 13.1 Å². The van der Waals surface area contributed by atoms with E-state index in [1.54, 1.807) is 30.3 Å². The summed E-state index contributed by atoms with van der Waals surface area (Å²) in [6.07, 6.45) is 0. The van der Waals surface area contributed by atoms with E-state index in [2.05, 4.69) is 15.8 Å². The number of aromatic nitrogens is 1. The highest BCUT2D eigenvalue weighted by Gasteiger charge is 2.13. The second kappa shape index (κ2) is 7.92. The number of nitrogens with zero attached hydrogens (tertiary/aromatic N) is 1. The molecular formula is C19H17N3O3. The molecule has 6 heteroatoms. The van der Waals surface area contributed by atoms with Crippen molar-refractivity contribution in [2.24, 2.45) is 0 Å². The maximum Gasteiger partial charge on any atom is 0.273 e. The molecule has 3 aromatic rings. The molecule has 2 N–H and O–H groups in total. The van der Waals surface area contributed by atoms with Crippen molar-refractivity contribution in [2.45, 2.75) is 0 Å². The standard InChI is InChI=1S/C19H17N3O3/c23-18(15-9-5-2-6-10-15)20-11-12-21-19(24)16-13-17(25-22-16)14-7-3-1-4-8-14/h1-10,13H,11-12H2,(H,20,23)(H,21,24). The first-order valence-corrected chi connectivity index (χ1v) is 7.87. The number of nitrogens with one attached hydrogen (secondary N) is 2. The number of hydrogen-bond acceptors (Lipinski definition) is 4. The maximum atomic E-state index is 12.1. The minimum absolute atomic E-state index is 0.178. The first-order chi connectivity index (χ1) is 12.2. The second-order valence-electron chi connectivity index (χ2n) is 5.32. The van der Waals surface area contributed by atoms with Crippen LogP contribution in [-0.2, 0) is 0 Å². The van der Waals surface area contributed by atoms with Crippen molar-refractivity contribution in [3.63, 3.8) is 0 Å². The van der Waals surface area contributed by atoms with Crippen LogP contribution in [-0.4, -0.2) is 30.1 Å². The molecule has 3 rings (SSSR count). The first kappa shape index (κ1) is 16.4. The number of rotatable bonds is 6. The maximum absolute atomic E-state index is 12.1. The van der Waals surface area contributed by atoms with Gasteiger partial charge in [0.15, 0.2) is 11.5 Å². The van der Waals surface area contributed by atoms with Crippen LogP contribution in [0.3, 0.4) is 0 Å². The van der Waals surface area contributed by atoms with Crippen LogP contribution in [0.5, 0.6) is 0 Å². The average Bonchev–Trinajstić information content (AvgIpc) is 3.16. The van der Waals surface area contributed by atoms with Crippen molar-refractivity contribution in [1.82, 2.24) is 15.8 Å². The molecule has 0 saturated heterocycles. The Morgan fingerprint density at radius 1 is 0.840 bits per heavy atom. The van der Waals surface area contributed by atoms with Gasteiger partial charge in [-0.15, -0.1) is 0 Å². The van der Waals surface area contributed by atoms with Crippen molar-refractivity contribution in [3.8, 4) is 11.3 Å². The summed E-state index contributed by atoms with van der Waals surface area (Å²) in [6, 6.07) is 19.9. The van der Waals surface area contributed by atoms with Gasteiger partial charge < -0.3 is 15.2 Å². The van der Waals surface area contributed by atoms with Crippen LogP contribution in [0.15, 0.2) is 71.3 Å². The van der Waals surface area contributed by atoms with E-state index in [1.165, 1.54) is 0 Å². The molecule has 1 heterocycles. The Kier molecular flexibility index (Phi) is 5.21. The van der Waals surface area contributed by atoms with Gasteiger partial charge in [0, 0.05) is 30.3 Å². The lowest BCUT2D eigenvalue weighted by molar-refractivity contribution is 0.0922. The summed E-state index contributed by atoms with van der Waals surface area (Å²) >= 11 is 0. The van der Waals surface area contributed by atoms with Crippen LogP contribution in [0.2, 0.25) is 0 Å². The van der Waals surface area contributed by atoms with Crippen molar-refractivity contribution in [1.29, 1.82) is 0 Å². The van der Waals surface area contributed by atoms with E-state index in [1.807, 2.05) is 36.4 Å². The fourth-order valence-electron chi connectivity index (χ4n) is 2.25. The Morgan fingerprint density at radius 3 is 2.12 bits per heavy atom. The van der Waals surface area contributed by atoms with Gasteiger partial charge in [-0.1, -0.05) is 53.7 Å². The molecule has 2 aromatic carbocycles. The lowest BCUT2D eigenvalue weighted by atomic mass is 10.1. The molecule has 0 spiro atoms. The molecule has 0 fully saturated rings. The lowest BCUT2D eigenvalue weighted by Gasteiger charge is -2.05. The van der Waals surface area contributed by atoms with Gasteiger partial charge in [-0.2, -0.15) is 0 Å². The van der Waals surface area contributed by atoms with Gasteiger partial charge >= 0.3 is 0 Å². The molecule has 0 radical (unpaired) electrons. The van der Waals surface area contributed by atoms with Crippen LogP contribution in [0.25, 0.3) is 11.3 Å². The normalized spacial score (nSPS) is 10.2. The Balaban J connectivity index is 1.47. The fraction of sp³-hybridized carbons (Fsp3) is 0.105. The van der Waals surface area contributed by atoms with Crippen LogP contribution in [0.4, 0.5) is 0 Å². The van der Waals surface area contributed by atoms with Crippen molar-refractivity contribution < 1.29 is 14.1 Å². The molecule has 0 aliphatic rings. The quantitative estimate of drug-likeness (QED) is 0.678. The van der Waals surface area contributed by atoms with E-state index in [0.29, 0.717) is 24.4 Å². The predicted octanol–water partition coefficient (Wildman–Crippen LogP) is 2.50. The number of amides is 2. The largest absolute Gasteiger partial charge is 0.355 e. The summed E-state index contributed by atoms with van der Waals surface area (Å²) < 4.78 is 5.19. The molecule has 1 aromatic heterocycles. The lowest BCUT2D eigenvalue weighted by Crippen LogP contribution is -2.34. The zero-order valence-electron chi connectivity index (χ0n) is 13.4. The molecule has 0 bridgehead atoms. The van der Waals surface area contributed by atoms with E-state index < -0.39 is 0 Å². The minimum Gasteiger partial charge on any atom is -0.355 e. The SMILES string of the molecule is O=C(NCCNC(=O)c1cc(-c2ccccc2)on1)c1ccccc1. The first-order valence-electron chi connectivity index (χ1n) is 7.87. The van der Waals surface area contributed by atoms with Crippen molar-refractivity contribution >= 4 is 11.8 Å². The Bertz CT molecular complexity index is 845. The fourth-order valence-corrected chi connectivity index (χ4v) is 2.25. The summed E-state index contributed by atoms with van der Waals surface area (Å²) in [4.78, 5) is 23.9. The molecule has 2 amide bonds. The van der Waals surface area contributed by atoms with E-state index in [0.717, 1.165) is 5.56 Å². The predicted molar refractivity (Wildman–Crippen MR) is 93.0 cm³/mol. The van der Waals surface area contributed by atoms with Gasteiger partial charge in [0.05, 0.1) is 0 Å². The van der Waals surface area contributed by atoms with Gasteiger partial charge in [0.1, 0.15) is 0 Å². The van der Waals surface area contributed by atoms with Crippen LogP contribution >= 0.6 is 0 Å². The third-order valence-corrected chi connectivity index (χ3v) is 3.53. The van der Waals surface area contributed by atoms with Crippen molar-refractivity contribution in [3.05, 3.63) is 78.0 Å². The van der Waals surface area contributed by atoms with Gasteiger partial charge in [-0.3, -0.25) is 9.59 Å². The topological polar surface area (TPSA) is 84.2 Å². The Labute approximate surface area is 144 Å². The number of carbonyl (C=O) groups is 2. The summed E-state index contributed by atoms with van der Waals surface area (Å²) in [5.74, 6) is 0.00525. The molecule has 25 heavy (non-hydrogen) atoms. The van der Waals surface area contributed by atoms with E-state index in [9.17, 15) is 9.59 Å². The summed E-state index contributed by atoms with van der Waals surface area (Å²) in [7, 11) is 0. The van der Waals surface area contributed by atoms with E-state index in [4.69, 9.17) is 4.52 Å². The zero-order valence-corrected chi connectivity index (χ0v) is 13.4. The molecular weight excluding hydrogens is 318 g/mol. The summed E-state index contributed by atoms with van der Waals surface area (Å²) in [5.41, 5.74) is 1.63. The second-order valence-corrected chi connectivity index (χ2v) is 5.32. The molecule has 6 nitrogen and oxygen atoms in total. The smallest absolute Gasteiger partial charge is 0.273 e. The molecule has 0 aliphatic heterocycles. The average molecular weight is 335 g/mol. The van der Waals surface area contributed by atoms with Gasteiger partial charge in [-0.05, 0) is 12.1 Å². The molecule has 126 valence electrons. The van der Waals surface area contributed by atoms with Crippen LogP contribution in [0.1, 0.15) is 20.8 Å². The number of carbonyl (C=O) groups excluding carboxylic acids is 2. The highest BCUT2D eigenvalue weighted by atomic mass is 16.5. The molecule has 0 aliphatic carbocycles. The summed E-state index contributed by atoms with van der Waals surface area (Å²) in [5, 5.41) is 9.21. The monoisotopic (exact) mass is 335 g/mol. The minimum atomic E-state index is -0.347. The highest BCUT2D eigenvalue weighted by molar-refractivity contribution is 5.94. The summed E-state index contributed by atoms with van der Waals surface area (Å²) in [6.45, 7) is 0.619. The number of benzene rings is 2. The number of hydrogen-bond donors (Lipinski definition) is 2. The molecule has 0 atom stereocenters. The van der Waals surface area contributed by atoms with Gasteiger partial charge in [0.25, 0.3) is 11.8 Å². The molecule has 0 unspecified atom stereocenters. The highest BCUT2D eigenvalue weighted by Crippen LogP contribution is 2.19. The Hall–Kier alpha value is -3.41. The third kappa shape index (κ3) is 4.32. The van der Waals surface area contributed by atoms with Gasteiger partial charge in [0.2, 0.25) is 0 Å². The molecule has 0 saturated carbocycles. The van der Waals surface area contributed by atoms with E-state index in [-0.39, 0.29) is 17.5 Å². The van der Waals surface area contributed by atoms with Gasteiger partial charge in [-0.25, -0.2) is 0 Å². The Morgan fingerprint density at radius 2 is 1.44 bits per heavy atom.